The highest BCUT2D eigenvalue weighted by Gasteiger charge is 2.34. The van der Waals surface area contributed by atoms with Gasteiger partial charge in [0.1, 0.15) is 12.4 Å². The Morgan fingerprint density at radius 1 is 1.40 bits per heavy atom. The van der Waals surface area contributed by atoms with Crippen LogP contribution in [0.1, 0.15) is 11.1 Å². The predicted octanol–water partition coefficient (Wildman–Crippen LogP) is 3.58. The van der Waals surface area contributed by atoms with E-state index in [0.717, 1.165) is 6.07 Å². The molecule has 0 atom stereocenters. The van der Waals surface area contributed by atoms with Crippen molar-refractivity contribution in [3.8, 4) is 5.75 Å². The van der Waals surface area contributed by atoms with E-state index in [4.69, 9.17) is 4.74 Å². The average Bonchev–Trinajstić information content (AvgIpc) is 2.14. The van der Waals surface area contributed by atoms with Gasteiger partial charge in [-0.3, -0.25) is 0 Å². The van der Waals surface area contributed by atoms with Gasteiger partial charge in [0.2, 0.25) is 0 Å². The average molecular weight is 216 g/mol. The van der Waals surface area contributed by atoms with Crippen molar-refractivity contribution >= 4 is 0 Å². The standard InChI is InChI=1S/C11H11F3O/c1-3-6-15-10-5-4-8(2)7-9(10)11(12,13)14/h3-5,7H,1,6H2,2H3. The summed E-state index contributed by atoms with van der Waals surface area (Å²) in [5, 5.41) is 0. The normalized spacial score (nSPS) is 11.2. The summed E-state index contributed by atoms with van der Waals surface area (Å²) < 4.78 is 42.6. The molecule has 0 radical (unpaired) electrons. The van der Waals surface area contributed by atoms with Crippen LogP contribution in [0.25, 0.3) is 0 Å². The van der Waals surface area contributed by atoms with Crippen LogP contribution in [-0.4, -0.2) is 6.61 Å². The Balaban J connectivity index is 3.09. The van der Waals surface area contributed by atoms with Crippen LogP contribution < -0.4 is 4.74 Å². The van der Waals surface area contributed by atoms with Crippen molar-refractivity contribution in [3.05, 3.63) is 42.0 Å². The smallest absolute Gasteiger partial charge is 0.419 e. The molecular weight excluding hydrogens is 205 g/mol. The second-order valence-corrected chi connectivity index (χ2v) is 3.10. The number of hydrogen-bond acceptors (Lipinski definition) is 1. The maximum Gasteiger partial charge on any atom is 0.419 e. The maximum absolute atomic E-state index is 12.5. The van der Waals surface area contributed by atoms with E-state index in [1.807, 2.05) is 0 Å². The molecule has 0 aromatic heterocycles. The van der Waals surface area contributed by atoms with Crippen molar-refractivity contribution in [1.82, 2.24) is 0 Å². The van der Waals surface area contributed by atoms with Gasteiger partial charge in [-0.1, -0.05) is 24.3 Å². The monoisotopic (exact) mass is 216 g/mol. The van der Waals surface area contributed by atoms with Crippen LogP contribution in [0.15, 0.2) is 30.9 Å². The first-order valence-corrected chi connectivity index (χ1v) is 4.36. The van der Waals surface area contributed by atoms with Crippen molar-refractivity contribution in [2.45, 2.75) is 13.1 Å². The summed E-state index contributed by atoms with van der Waals surface area (Å²) in [6.45, 7) is 5.04. The largest absolute Gasteiger partial charge is 0.489 e. The molecule has 0 saturated carbocycles. The predicted molar refractivity (Wildman–Crippen MR) is 51.9 cm³/mol. The molecule has 1 aromatic rings. The lowest BCUT2D eigenvalue weighted by molar-refractivity contribution is -0.138. The number of halogens is 3. The zero-order chi connectivity index (χ0) is 11.5. The van der Waals surface area contributed by atoms with Crippen LogP contribution in [0.4, 0.5) is 13.2 Å². The SMILES string of the molecule is C=CCOc1ccc(C)cc1C(F)(F)F. The number of alkyl halides is 3. The highest BCUT2D eigenvalue weighted by Crippen LogP contribution is 2.36. The van der Waals surface area contributed by atoms with Crippen molar-refractivity contribution in [1.29, 1.82) is 0 Å². The second-order valence-electron chi connectivity index (χ2n) is 3.10. The lowest BCUT2D eigenvalue weighted by atomic mass is 10.1. The fraction of sp³-hybridized carbons (Fsp3) is 0.273. The van der Waals surface area contributed by atoms with Gasteiger partial charge >= 0.3 is 6.18 Å². The van der Waals surface area contributed by atoms with E-state index in [1.54, 1.807) is 13.0 Å². The van der Waals surface area contributed by atoms with Gasteiger partial charge in [0.15, 0.2) is 0 Å². The lowest BCUT2D eigenvalue weighted by Crippen LogP contribution is -2.09. The second kappa shape index (κ2) is 4.38. The van der Waals surface area contributed by atoms with Crippen LogP contribution in [0.5, 0.6) is 5.75 Å². The molecule has 4 heteroatoms. The topological polar surface area (TPSA) is 9.23 Å². The Bertz CT molecular complexity index is 355. The molecule has 82 valence electrons. The Hall–Kier alpha value is -1.45. The van der Waals surface area contributed by atoms with Gasteiger partial charge in [-0.25, -0.2) is 0 Å². The van der Waals surface area contributed by atoms with Crippen LogP contribution in [-0.2, 0) is 6.18 Å². The van der Waals surface area contributed by atoms with Crippen LogP contribution >= 0.6 is 0 Å². The zero-order valence-corrected chi connectivity index (χ0v) is 8.27. The Morgan fingerprint density at radius 2 is 2.07 bits per heavy atom. The van der Waals surface area contributed by atoms with E-state index >= 15 is 0 Å². The first-order valence-electron chi connectivity index (χ1n) is 4.36. The van der Waals surface area contributed by atoms with E-state index in [2.05, 4.69) is 6.58 Å². The van der Waals surface area contributed by atoms with E-state index in [-0.39, 0.29) is 12.4 Å². The number of aryl methyl sites for hydroxylation is 1. The van der Waals surface area contributed by atoms with E-state index in [9.17, 15) is 13.2 Å². The fourth-order valence-corrected chi connectivity index (χ4v) is 1.14. The van der Waals surface area contributed by atoms with Crippen LogP contribution in [0.2, 0.25) is 0 Å². The zero-order valence-electron chi connectivity index (χ0n) is 8.27. The minimum atomic E-state index is -4.39. The summed E-state index contributed by atoms with van der Waals surface area (Å²) in [6.07, 6.45) is -2.98. The molecule has 0 saturated heterocycles. The Kier molecular flexibility index (Phi) is 3.39. The van der Waals surface area contributed by atoms with E-state index in [1.165, 1.54) is 12.1 Å². The Morgan fingerprint density at radius 3 is 2.60 bits per heavy atom. The molecule has 1 aromatic carbocycles. The van der Waals surface area contributed by atoms with Crippen molar-refractivity contribution < 1.29 is 17.9 Å². The molecule has 0 fully saturated rings. The quantitative estimate of drug-likeness (QED) is 0.702. The Labute approximate surface area is 86.2 Å². The van der Waals surface area contributed by atoms with Gasteiger partial charge in [-0.15, -0.1) is 0 Å². The molecule has 0 aliphatic carbocycles. The minimum Gasteiger partial charge on any atom is -0.489 e. The first kappa shape index (κ1) is 11.6. The maximum atomic E-state index is 12.5. The molecule has 1 nitrogen and oxygen atoms in total. The number of ether oxygens (including phenoxy) is 1. The summed E-state index contributed by atoms with van der Waals surface area (Å²) in [7, 11) is 0. The molecule has 0 N–H and O–H groups in total. The third-order valence-corrected chi connectivity index (χ3v) is 1.80. The van der Waals surface area contributed by atoms with E-state index in [0.29, 0.717) is 5.56 Å². The molecule has 0 aliphatic heterocycles. The molecule has 0 unspecified atom stereocenters. The molecule has 0 aliphatic rings. The summed E-state index contributed by atoms with van der Waals surface area (Å²) in [5.74, 6) is -0.159. The van der Waals surface area contributed by atoms with Crippen LogP contribution in [0, 0.1) is 6.92 Å². The van der Waals surface area contributed by atoms with Crippen molar-refractivity contribution in [2.24, 2.45) is 0 Å². The van der Waals surface area contributed by atoms with Gasteiger partial charge in [0.25, 0.3) is 0 Å². The van der Waals surface area contributed by atoms with Crippen molar-refractivity contribution in [3.63, 3.8) is 0 Å². The molecule has 1 rings (SSSR count). The summed E-state index contributed by atoms with van der Waals surface area (Å²) in [5.41, 5.74) is -0.197. The van der Waals surface area contributed by atoms with Gasteiger partial charge in [0.05, 0.1) is 5.56 Å². The third-order valence-electron chi connectivity index (χ3n) is 1.80. The highest BCUT2D eigenvalue weighted by molar-refractivity contribution is 5.38. The summed E-state index contributed by atoms with van der Waals surface area (Å²) in [6, 6.07) is 3.97. The minimum absolute atomic E-state index is 0.0616. The molecule has 0 heterocycles. The third kappa shape index (κ3) is 3.01. The summed E-state index contributed by atoms with van der Waals surface area (Å²) in [4.78, 5) is 0. The molecular formula is C11H11F3O. The van der Waals surface area contributed by atoms with Gasteiger partial charge in [-0.05, 0) is 19.1 Å². The van der Waals surface area contributed by atoms with Gasteiger partial charge < -0.3 is 4.74 Å². The number of hydrogen-bond donors (Lipinski definition) is 0. The summed E-state index contributed by atoms with van der Waals surface area (Å²) >= 11 is 0. The van der Waals surface area contributed by atoms with Crippen LogP contribution in [0.3, 0.4) is 0 Å². The lowest BCUT2D eigenvalue weighted by Gasteiger charge is -2.13. The van der Waals surface area contributed by atoms with E-state index < -0.39 is 11.7 Å². The fourth-order valence-electron chi connectivity index (χ4n) is 1.14. The van der Waals surface area contributed by atoms with Gasteiger partial charge in [0, 0.05) is 0 Å². The molecule has 0 amide bonds. The molecule has 0 spiro atoms. The number of rotatable bonds is 3. The molecule has 15 heavy (non-hydrogen) atoms. The molecule has 0 bridgehead atoms. The van der Waals surface area contributed by atoms with Gasteiger partial charge in [-0.2, -0.15) is 13.2 Å². The number of benzene rings is 1. The highest BCUT2D eigenvalue weighted by atomic mass is 19.4. The first-order chi connectivity index (χ1) is 6.95. The van der Waals surface area contributed by atoms with Crippen molar-refractivity contribution in [2.75, 3.05) is 6.61 Å².